The molecular formula is C9H5F2N3O. The molecule has 0 aromatic carbocycles. The smallest absolute Gasteiger partial charge is 0.284 e. The van der Waals surface area contributed by atoms with Gasteiger partial charge in [0.2, 0.25) is 0 Å². The molecule has 4 nitrogen and oxygen atoms in total. The summed E-state index contributed by atoms with van der Waals surface area (Å²) in [6.45, 7) is 0. The van der Waals surface area contributed by atoms with Crippen LogP contribution in [0.25, 0.3) is 0 Å². The van der Waals surface area contributed by atoms with Crippen molar-refractivity contribution in [3.8, 4) is 17.9 Å². The third kappa shape index (κ3) is 2.18. The number of rotatable bonds is 2. The van der Waals surface area contributed by atoms with Crippen molar-refractivity contribution in [2.45, 2.75) is 12.8 Å². The normalized spacial score (nSPS) is 9.67. The summed E-state index contributed by atoms with van der Waals surface area (Å²) in [7, 11) is 0. The Bertz CT molecular complexity index is 460. The number of hydrogen-bond acceptors (Lipinski definition) is 4. The molecule has 15 heavy (non-hydrogen) atoms. The SMILES string of the molecule is N#CCc1cc(C#N)nc(C(F)F)c1O. The van der Waals surface area contributed by atoms with Gasteiger partial charge in [-0.2, -0.15) is 10.5 Å². The van der Waals surface area contributed by atoms with Crippen molar-refractivity contribution < 1.29 is 13.9 Å². The zero-order valence-corrected chi connectivity index (χ0v) is 7.41. The average molecular weight is 209 g/mol. The van der Waals surface area contributed by atoms with Crippen LogP contribution in [0.15, 0.2) is 6.07 Å². The van der Waals surface area contributed by atoms with Gasteiger partial charge in [0.25, 0.3) is 6.43 Å². The second-order valence-corrected chi connectivity index (χ2v) is 2.65. The lowest BCUT2D eigenvalue weighted by molar-refractivity contribution is 0.141. The van der Waals surface area contributed by atoms with Gasteiger partial charge < -0.3 is 5.11 Å². The van der Waals surface area contributed by atoms with E-state index in [1.165, 1.54) is 0 Å². The molecular weight excluding hydrogens is 204 g/mol. The Morgan fingerprint density at radius 1 is 1.47 bits per heavy atom. The molecule has 0 saturated heterocycles. The third-order valence-electron chi connectivity index (χ3n) is 1.69. The van der Waals surface area contributed by atoms with E-state index >= 15 is 0 Å². The molecule has 1 N–H and O–H groups in total. The number of pyridine rings is 1. The molecule has 1 rings (SSSR count). The lowest BCUT2D eigenvalue weighted by atomic mass is 10.1. The molecule has 0 aliphatic heterocycles. The molecule has 76 valence electrons. The van der Waals surface area contributed by atoms with Crippen LogP contribution in [-0.2, 0) is 6.42 Å². The highest BCUT2D eigenvalue weighted by atomic mass is 19.3. The molecule has 0 bridgehead atoms. The Kier molecular flexibility index (Phi) is 3.14. The van der Waals surface area contributed by atoms with Gasteiger partial charge in [-0.15, -0.1) is 0 Å². The Hall–Kier alpha value is -2.21. The van der Waals surface area contributed by atoms with E-state index in [4.69, 9.17) is 10.5 Å². The van der Waals surface area contributed by atoms with Gasteiger partial charge in [-0.1, -0.05) is 0 Å². The predicted molar refractivity (Wildman–Crippen MR) is 44.9 cm³/mol. The summed E-state index contributed by atoms with van der Waals surface area (Å²) >= 11 is 0. The van der Waals surface area contributed by atoms with Gasteiger partial charge >= 0.3 is 0 Å². The Balaban J connectivity index is 3.36. The van der Waals surface area contributed by atoms with E-state index in [1.807, 2.05) is 0 Å². The fraction of sp³-hybridized carbons (Fsp3) is 0.222. The van der Waals surface area contributed by atoms with Crippen molar-refractivity contribution in [2.24, 2.45) is 0 Å². The molecule has 0 aliphatic carbocycles. The molecule has 1 heterocycles. The highest BCUT2D eigenvalue weighted by molar-refractivity contribution is 5.42. The van der Waals surface area contributed by atoms with Gasteiger partial charge in [-0.3, -0.25) is 0 Å². The summed E-state index contributed by atoms with van der Waals surface area (Å²) in [4.78, 5) is 3.26. The number of alkyl halides is 2. The number of nitriles is 2. The van der Waals surface area contributed by atoms with Gasteiger partial charge in [0, 0.05) is 5.56 Å². The summed E-state index contributed by atoms with van der Waals surface area (Å²) in [6, 6.07) is 4.40. The van der Waals surface area contributed by atoms with Crippen molar-refractivity contribution in [3.05, 3.63) is 23.0 Å². The van der Waals surface area contributed by atoms with E-state index in [9.17, 15) is 13.9 Å². The molecule has 0 radical (unpaired) electrons. The van der Waals surface area contributed by atoms with Crippen molar-refractivity contribution in [3.63, 3.8) is 0 Å². The standard InChI is InChI=1S/C9H5F2N3O/c10-9(11)7-8(15)5(1-2-12)3-6(4-13)14-7/h3,9,15H,1H2. The second-order valence-electron chi connectivity index (χ2n) is 2.65. The summed E-state index contributed by atoms with van der Waals surface area (Å²) in [5, 5.41) is 26.2. The molecule has 0 saturated carbocycles. The summed E-state index contributed by atoms with van der Waals surface area (Å²) < 4.78 is 24.7. The van der Waals surface area contributed by atoms with Crippen LogP contribution in [0.2, 0.25) is 0 Å². The minimum Gasteiger partial charge on any atom is -0.505 e. The maximum Gasteiger partial charge on any atom is 0.284 e. The second kappa shape index (κ2) is 4.34. The van der Waals surface area contributed by atoms with Crippen LogP contribution in [0.3, 0.4) is 0 Å². The van der Waals surface area contributed by atoms with Crippen LogP contribution in [0.1, 0.15) is 23.4 Å². The Morgan fingerprint density at radius 2 is 2.13 bits per heavy atom. The number of aromatic hydroxyl groups is 1. The van der Waals surface area contributed by atoms with Crippen molar-refractivity contribution in [2.75, 3.05) is 0 Å². The molecule has 0 atom stereocenters. The highest BCUT2D eigenvalue weighted by Gasteiger charge is 2.19. The largest absolute Gasteiger partial charge is 0.505 e. The van der Waals surface area contributed by atoms with E-state index in [0.29, 0.717) is 0 Å². The lowest BCUT2D eigenvalue weighted by Crippen LogP contribution is -1.98. The molecule has 1 aromatic rings. The molecule has 1 aromatic heterocycles. The fourth-order valence-corrected chi connectivity index (χ4v) is 1.04. The first kappa shape index (κ1) is 10.9. The maximum absolute atomic E-state index is 12.3. The molecule has 0 unspecified atom stereocenters. The summed E-state index contributed by atoms with van der Waals surface area (Å²) in [6.07, 6.45) is -3.22. The molecule has 0 fully saturated rings. The van der Waals surface area contributed by atoms with E-state index in [0.717, 1.165) is 6.07 Å². The molecule has 0 spiro atoms. The van der Waals surface area contributed by atoms with E-state index in [-0.39, 0.29) is 17.7 Å². The minimum absolute atomic E-state index is 0.0145. The first-order valence-corrected chi connectivity index (χ1v) is 3.88. The zero-order valence-electron chi connectivity index (χ0n) is 7.41. The first-order chi connectivity index (χ1) is 7.10. The lowest BCUT2D eigenvalue weighted by Gasteiger charge is -2.06. The third-order valence-corrected chi connectivity index (χ3v) is 1.69. The summed E-state index contributed by atoms with van der Waals surface area (Å²) in [5.74, 6) is -0.717. The molecule has 0 amide bonds. The average Bonchev–Trinajstić information content (AvgIpc) is 2.21. The van der Waals surface area contributed by atoms with Gasteiger partial charge in [-0.05, 0) is 6.07 Å². The van der Waals surface area contributed by atoms with Crippen LogP contribution in [-0.4, -0.2) is 10.1 Å². The van der Waals surface area contributed by atoms with E-state index < -0.39 is 17.9 Å². The van der Waals surface area contributed by atoms with Crippen molar-refractivity contribution in [1.29, 1.82) is 10.5 Å². The predicted octanol–water partition coefficient (Wildman–Crippen LogP) is 1.66. The van der Waals surface area contributed by atoms with Crippen LogP contribution in [0.4, 0.5) is 8.78 Å². The van der Waals surface area contributed by atoms with Crippen LogP contribution < -0.4 is 0 Å². The first-order valence-electron chi connectivity index (χ1n) is 3.88. The Morgan fingerprint density at radius 3 is 2.60 bits per heavy atom. The van der Waals surface area contributed by atoms with Gasteiger partial charge in [0.15, 0.2) is 0 Å². The topological polar surface area (TPSA) is 80.7 Å². The van der Waals surface area contributed by atoms with Gasteiger partial charge in [0.05, 0.1) is 12.5 Å². The van der Waals surface area contributed by atoms with Crippen LogP contribution >= 0.6 is 0 Å². The van der Waals surface area contributed by atoms with Crippen molar-refractivity contribution >= 4 is 0 Å². The monoisotopic (exact) mass is 209 g/mol. The molecule has 0 aliphatic rings. The van der Waals surface area contributed by atoms with Gasteiger partial charge in [0.1, 0.15) is 23.2 Å². The Labute approximate surface area is 84.0 Å². The summed E-state index contributed by atoms with van der Waals surface area (Å²) in [5.41, 5.74) is -1.12. The minimum atomic E-state index is -2.98. The van der Waals surface area contributed by atoms with E-state index in [1.54, 1.807) is 12.1 Å². The number of halogens is 2. The maximum atomic E-state index is 12.3. The quantitative estimate of drug-likeness (QED) is 0.803. The van der Waals surface area contributed by atoms with Crippen LogP contribution in [0.5, 0.6) is 5.75 Å². The highest BCUT2D eigenvalue weighted by Crippen LogP contribution is 2.30. The number of aromatic nitrogens is 1. The van der Waals surface area contributed by atoms with E-state index in [2.05, 4.69) is 4.98 Å². The number of hydrogen-bond donors (Lipinski definition) is 1. The fourth-order valence-electron chi connectivity index (χ4n) is 1.04. The zero-order chi connectivity index (χ0) is 11.4. The van der Waals surface area contributed by atoms with Crippen molar-refractivity contribution in [1.82, 2.24) is 4.98 Å². The van der Waals surface area contributed by atoms with Crippen LogP contribution in [0, 0.1) is 22.7 Å². The molecule has 6 heteroatoms. The number of nitrogens with zero attached hydrogens (tertiary/aromatic N) is 3. The van der Waals surface area contributed by atoms with Gasteiger partial charge in [-0.25, -0.2) is 13.8 Å².